The van der Waals surface area contributed by atoms with E-state index in [1.807, 2.05) is 19.2 Å². The fourth-order valence-electron chi connectivity index (χ4n) is 3.48. The van der Waals surface area contributed by atoms with E-state index in [0.29, 0.717) is 23.8 Å². The summed E-state index contributed by atoms with van der Waals surface area (Å²) in [5.41, 5.74) is 0.886. The summed E-state index contributed by atoms with van der Waals surface area (Å²) < 4.78 is 0.742. The first-order chi connectivity index (χ1) is 9.54. The molecule has 2 aliphatic rings. The summed E-state index contributed by atoms with van der Waals surface area (Å²) in [4.78, 5) is 13.0. The molecule has 1 aromatic rings. The zero-order valence-electron chi connectivity index (χ0n) is 11.4. The molecule has 2 aliphatic heterocycles. The number of rotatable bonds is 3. The predicted molar refractivity (Wildman–Crippen MR) is 82.2 cm³/mol. The molecule has 20 heavy (non-hydrogen) atoms. The van der Waals surface area contributed by atoms with Crippen LogP contribution in [0.1, 0.15) is 25.7 Å². The maximum absolute atomic E-state index is 11.2. The van der Waals surface area contributed by atoms with Crippen LogP contribution in [0.4, 0.5) is 11.4 Å². The molecule has 0 aliphatic carbocycles. The minimum Gasteiger partial charge on any atom is -0.366 e. The molecule has 0 saturated carbocycles. The molecule has 108 valence electrons. The van der Waals surface area contributed by atoms with Crippen molar-refractivity contribution < 1.29 is 4.92 Å². The highest BCUT2D eigenvalue weighted by atomic mass is 79.9. The van der Waals surface area contributed by atoms with E-state index in [1.165, 1.54) is 12.8 Å². The normalized spacial score (nSPS) is 28.4. The van der Waals surface area contributed by atoms with Gasteiger partial charge in [0.1, 0.15) is 5.69 Å². The monoisotopic (exact) mass is 339 g/mol. The van der Waals surface area contributed by atoms with E-state index in [4.69, 9.17) is 0 Å². The van der Waals surface area contributed by atoms with Gasteiger partial charge < -0.3 is 10.2 Å². The summed E-state index contributed by atoms with van der Waals surface area (Å²) in [7, 11) is 1.98. The molecule has 0 radical (unpaired) electrons. The Bertz CT molecular complexity index is 525. The number of halogens is 1. The van der Waals surface area contributed by atoms with Crippen LogP contribution < -0.4 is 10.2 Å². The molecule has 0 aromatic heterocycles. The highest BCUT2D eigenvalue weighted by Crippen LogP contribution is 2.36. The number of nitro groups is 1. The van der Waals surface area contributed by atoms with Crippen LogP contribution in [0.25, 0.3) is 0 Å². The fourth-order valence-corrected chi connectivity index (χ4v) is 3.83. The van der Waals surface area contributed by atoms with Crippen molar-refractivity contribution in [1.29, 1.82) is 0 Å². The second-order valence-electron chi connectivity index (χ2n) is 5.76. The maximum atomic E-state index is 11.2. The van der Waals surface area contributed by atoms with E-state index < -0.39 is 0 Å². The van der Waals surface area contributed by atoms with Gasteiger partial charge in [0.2, 0.25) is 0 Å². The van der Waals surface area contributed by atoms with Crippen molar-refractivity contribution in [3.05, 3.63) is 32.8 Å². The zero-order valence-corrected chi connectivity index (χ0v) is 13.0. The lowest BCUT2D eigenvalue weighted by atomic mass is 9.98. The summed E-state index contributed by atoms with van der Waals surface area (Å²) >= 11 is 3.31. The molecule has 2 unspecified atom stereocenters. The van der Waals surface area contributed by atoms with Gasteiger partial charge in [0.05, 0.1) is 4.92 Å². The van der Waals surface area contributed by atoms with Crippen LogP contribution in [-0.2, 0) is 0 Å². The molecule has 2 fully saturated rings. The van der Waals surface area contributed by atoms with Gasteiger partial charge in [0.25, 0.3) is 5.69 Å². The fraction of sp³-hybridized carbons (Fsp3) is 0.571. The molecular weight excluding hydrogens is 322 g/mol. The third kappa shape index (κ3) is 2.54. The molecule has 2 saturated heterocycles. The quantitative estimate of drug-likeness (QED) is 0.679. The Morgan fingerprint density at radius 1 is 1.35 bits per heavy atom. The van der Waals surface area contributed by atoms with E-state index in [0.717, 1.165) is 17.3 Å². The molecule has 0 amide bonds. The van der Waals surface area contributed by atoms with Crippen LogP contribution in [-0.4, -0.2) is 30.1 Å². The molecule has 2 atom stereocenters. The van der Waals surface area contributed by atoms with Gasteiger partial charge in [-0.15, -0.1) is 0 Å². The lowest BCUT2D eigenvalue weighted by molar-refractivity contribution is -0.384. The average Bonchev–Trinajstić information content (AvgIpc) is 2.76. The minimum absolute atomic E-state index is 0.174. The Balaban J connectivity index is 1.87. The van der Waals surface area contributed by atoms with Gasteiger partial charge in [-0.3, -0.25) is 10.1 Å². The van der Waals surface area contributed by atoms with Crippen LogP contribution >= 0.6 is 15.9 Å². The van der Waals surface area contributed by atoms with Crippen LogP contribution in [0.2, 0.25) is 0 Å². The molecule has 3 rings (SSSR count). The van der Waals surface area contributed by atoms with Crippen molar-refractivity contribution in [2.75, 3.05) is 11.9 Å². The Labute approximate surface area is 126 Å². The van der Waals surface area contributed by atoms with Crippen molar-refractivity contribution in [3.8, 4) is 0 Å². The van der Waals surface area contributed by atoms with Gasteiger partial charge >= 0.3 is 0 Å². The lowest BCUT2D eigenvalue weighted by Gasteiger charge is -2.36. The predicted octanol–water partition coefficient (Wildman–Crippen LogP) is 3.08. The summed E-state index contributed by atoms with van der Waals surface area (Å²) in [6.45, 7) is 0. The van der Waals surface area contributed by atoms with Crippen LogP contribution in [0.15, 0.2) is 22.7 Å². The Hall–Kier alpha value is -1.14. The molecule has 2 heterocycles. The van der Waals surface area contributed by atoms with Gasteiger partial charge in [0, 0.05) is 35.7 Å². The van der Waals surface area contributed by atoms with Crippen LogP contribution in [0, 0.1) is 10.1 Å². The second kappa shape index (κ2) is 5.33. The molecule has 5 nitrogen and oxygen atoms in total. The number of hydrogen-bond acceptors (Lipinski definition) is 4. The van der Waals surface area contributed by atoms with Crippen molar-refractivity contribution in [2.45, 2.75) is 43.8 Å². The van der Waals surface area contributed by atoms with E-state index in [1.54, 1.807) is 6.07 Å². The van der Waals surface area contributed by atoms with Crippen molar-refractivity contribution >= 4 is 27.3 Å². The van der Waals surface area contributed by atoms with E-state index >= 15 is 0 Å². The van der Waals surface area contributed by atoms with Gasteiger partial charge in [-0.1, -0.05) is 15.9 Å². The number of benzene rings is 1. The third-order valence-electron chi connectivity index (χ3n) is 4.51. The highest BCUT2D eigenvalue weighted by molar-refractivity contribution is 9.10. The maximum Gasteiger partial charge on any atom is 0.293 e. The molecule has 0 spiro atoms. The smallest absolute Gasteiger partial charge is 0.293 e. The second-order valence-corrected chi connectivity index (χ2v) is 6.68. The minimum atomic E-state index is -0.299. The number of nitrogens with zero attached hydrogens (tertiary/aromatic N) is 2. The zero-order chi connectivity index (χ0) is 14.3. The van der Waals surface area contributed by atoms with E-state index in [2.05, 4.69) is 26.1 Å². The standard InChI is InChI=1S/C14H18BrN3O2/c1-17(12-7-10-3-4-11(8-12)16-10)13-5-2-9(15)6-14(13)18(19)20/h2,5-6,10-12,16H,3-4,7-8H2,1H3. The van der Waals surface area contributed by atoms with E-state index in [-0.39, 0.29) is 10.6 Å². The molecule has 1 aromatic carbocycles. The number of nitrogens with one attached hydrogen (secondary N) is 1. The van der Waals surface area contributed by atoms with Crippen molar-refractivity contribution in [2.24, 2.45) is 0 Å². The Morgan fingerprint density at radius 3 is 2.60 bits per heavy atom. The summed E-state index contributed by atoms with van der Waals surface area (Å²) in [6.07, 6.45) is 4.61. The first-order valence-electron chi connectivity index (χ1n) is 6.97. The summed E-state index contributed by atoms with van der Waals surface area (Å²) in [5.74, 6) is 0. The lowest BCUT2D eigenvalue weighted by Crippen LogP contribution is -2.47. The molecule has 6 heteroatoms. The number of piperidine rings is 1. The SMILES string of the molecule is CN(c1ccc(Br)cc1[N+](=O)[O-])C1CC2CCC(C1)N2. The first kappa shape index (κ1) is 13.8. The third-order valence-corrected chi connectivity index (χ3v) is 5.00. The molecular formula is C14H18BrN3O2. The number of nitro benzene ring substituents is 1. The van der Waals surface area contributed by atoms with E-state index in [9.17, 15) is 10.1 Å². The van der Waals surface area contributed by atoms with Crippen LogP contribution in [0.3, 0.4) is 0 Å². The Kier molecular flexibility index (Phi) is 3.69. The summed E-state index contributed by atoms with van der Waals surface area (Å²) in [6, 6.07) is 6.84. The largest absolute Gasteiger partial charge is 0.366 e. The molecule has 2 bridgehead atoms. The Morgan fingerprint density at radius 2 is 2.00 bits per heavy atom. The van der Waals surface area contributed by atoms with Gasteiger partial charge in [-0.05, 0) is 37.8 Å². The first-order valence-corrected chi connectivity index (χ1v) is 7.76. The highest BCUT2D eigenvalue weighted by Gasteiger charge is 2.36. The molecule has 1 N–H and O–H groups in total. The van der Waals surface area contributed by atoms with Gasteiger partial charge in [-0.25, -0.2) is 0 Å². The van der Waals surface area contributed by atoms with Gasteiger partial charge in [-0.2, -0.15) is 0 Å². The number of anilines is 1. The topological polar surface area (TPSA) is 58.4 Å². The number of hydrogen-bond donors (Lipinski definition) is 1. The van der Waals surface area contributed by atoms with Crippen molar-refractivity contribution in [3.63, 3.8) is 0 Å². The summed E-state index contributed by atoms with van der Waals surface area (Å²) in [5, 5.41) is 14.9. The number of fused-ring (bicyclic) bond motifs is 2. The van der Waals surface area contributed by atoms with Gasteiger partial charge in [0.15, 0.2) is 0 Å². The van der Waals surface area contributed by atoms with Crippen molar-refractivity contribution in [1.82, 2.24) is 5.32 Å². The average molecular weight is 340 g/mol. The van der Waals surface area contributed by atoms with Crippen LogP contribution in [0.5, 0.6) is 0 Å².